The summed E-state index contributed by atoms with van der Waals surface area (Å²) >= 11 is 0. The summed E-state index contributed by atoms with van der Waals surface area (Å²) < 4.78 is 1.70. The molecule has 4 rings (SSSR count). The number of nitrogens with zero attached hydrogens (tertiary/aromatic N) is 3. The number of pyridine rings is 1. The highest BCUT2D eigenvalue weighted by Crippen LogP contribution is 2.27. The van der Waals surface area contributed by atoms with Crippen molar-refractivity contribution in [3.63, 3.8) is 0 Å². The number of benzene rings is 1. The smallest absolute Gasteiger partial charge is 0.318 e. The minimum Gasteiger partial charge on any atom is -0.318 e. The predicted molar refractivity (Wildman–Crippen MR) is 96.6 cm³/mol. The lowest BCUT2D eigenvalue weighted by Gasteiger charge is -2.21. The second-order valence-electron chi connectivity index (χ2n) is 6.60. The van der Waals surface area contributed by atoms with Crippen LogP contribution in [-0.2, 0) is 10.3 Å². The molecule has 1 aromatic carbocycles. The minimum atomic E-state index is -1.25. The zero-order valence-corrected chi connectivity index (χ0v) is 14.8. The number of hydrogen-bond donors (Lipinski definition) is 2. The topological polar surface area (TPSA) is 95.8 Å². The van der Waals surface area contributed by atoms with Crippen LogP contribution in [0.25, 0.3) is 5.65 Å². The van der Waals surface area contributed by atoms with Crippen LogP contribution >= 0.6 is 0 Å². The summed E-state index contributed by atoms with van der Waals surface area (Å²) in [5, 5.41) is 3.33. The van der Waals surface area contributed by atoms with E-state index in [2.05, 4.69) is 15.7 Å². The van der Waals surface area contributed by atoms with E-state index in [0.717, 1.165) is 5.56 Å². The summed E-state index contributed by atoms with van der Waals surface area (Å²) in [6, 6.07) is 11.9. The maximum Gasteiger partial charge on any atom is 0.344 e. The molecule has 1 fully saturated rings. The summed E-state index contributed by atoms with van der Waals surface area (Å²) in [6.45, 7) is 3.52. The number of hydrogen-bond acceptors (Lipinski definition) is 4. The number of amides is 4. The molecule has 0 radical (unpaired) electrons. The number of aryl methyl sites for hydroxylation is 1. The Morgan fingerprint density at radius 2 is 1.93 bits per heavy atom. The molecule has 27 heavy (non-hydrogen) atoms. The van der Waals surface area contributed by atoms with Gasteiger partial charge in [0, 0.05) is 12.4 Å². The van der Waals surface area contributed by atoms with Crippen LogP contribution in [0, 0.1) is 6.92 Å². The third kappa shape index (κ3) is 2.71. The van der Waals surface area contributed by atoms with Crippen molar-refractivity contribution in [2.75, 3.05) is 0 Å². The number of imide groups is 1. The molecule has 0 saturated carbocycles. The monoisotopic (exact) mass is 363 g/mol. The normalized spacial score (nSPS) is 19.4. The molecule has 3 heterocycles. The summed E-state index contributed by atoms with van der Waals surface area (Å²) in [7, 11) is 0. The molecule has 2 aromatic heterocycles. The summed E-state index contributed by atoms with van der Waals surface area (Å²) in [4.78, 5) is 41.9. The average Bonchev–Trinajstić information content (AvgIpc) is 3.17. The van der Waals surface area contributed by atoms with Crippen molar-refractivity contribution in [1.82, 2.24) is 25.1 Å². The summed E-state index contributed by atoms with van der Waals surface area (Å²) in [5.74, 6) is -1.20. The first-order valence-electron chi connectivity index (χ1n) is 8.37. The summed E-state index contributed by atoms with van der Waals surface area (Å²) in [5.41, 5.74) is 3.45. The number of rotatable bonds is 3. The molecule has 0 aliphatic carbocycles. The molecule has 1 aliphatic heterocycles. The van der Waals surface area contributed by atoms with Crippen LogP contribution in [0.2, 0.25) is 0 Å². The van der Waals surface area contributed by atoms with Crippen LogP contribution in [0.5, 0.6) is 0 Å². The largest absolute Gasteiger partial charge is 0.344 e. The van der Waals surface area contributed by atoms with Gasteiger partial charge in [0.15, 0.2) is 0 Å². The summed E-state index contributed by atoms with van der Waals surface area (Å²) in [6.07, 6.45) is 3.33. The fourth-order valence-electron chi connectivity index (χ4n) is 3.06. The Kier molecular flexibility index (Phi) is 3.69. The van der Waals surface area contributed by atoms with Gasteiger partial charge in [-0.15, -0.1) is 0 Å². The van der Waals surface area contributed by atoms with Gasteiger partial charge >= 0.3 is 6.03 Å². The number of urea groups is 1. The second kappa shape index (κ2) is 5.94. The van der Waals surface area contributed by atoms with Crippen molar-refractivity contribution in [3.05, 3.63) is 71.7 Å². The van der Waals surface area contributed by atoms with Gasteiger partial charge in [-0.25, -0.2) is 9.78 Å². The maximum atomic E-state index is 12.8. The number of nitrogens with one attached hydrogen (secondary N) is 2. The Morgan fingerprint density at radius 1 is 1.19 bits per heavy atom. The van der Waals surface area contributed by atoms with Gasteiger partial charge in [-0.3, -0.25) is 15.0 Å². The van der Waals surface area contributed by atoms with E-state index in [-0.39, 0.29) is 5.69 Å². The fraction of sp³-hybridized carbons (Fsp3) is 0.158. The van der Waals surface area contributed by atoms with E-state index < -0.39 is 23.4 Å². The molecule has 0 bridgehead atoms. The molecule has 3 aromatic rings. The Morgan fingerprint density at radius 3 is 2.67 bits per heavy atom. The van der Waals surface area contributed by atoms with E-state index in [1.807, 2.05) is 25.1 Å². The standard InChI is InChI=1S/C19H17N5O3/c1-12-8-9-23-11-14(20-15(23)10-12)16(25)22-24-17(26)19(2,21-18(24)27)13-6-4-3-5-7-13/h3-11H,1-2H3,(H,21,27)(H,22,25). The Labute approximate surface area is 154 Å². The van der Waals surface area contributed by atoms with Crippen LogP contribution in [0.15, 0.2) is 54.9 Å². The SMILES string of the molecule is Cc1ccn2cc(C(=O)NN3C(=O)NC(C)(c4ccccc4)C3=O)nc2c1. The zero-order valence-electron chi connectivity index (χ0n) is 14.8. The highest BCUT2D eigenvalue weighted by Gasteiger charge is 2.50. The maximum absolute atomic E-state index is 12.8. The number of hydrazine groups is 1. The van der Waals surface area contributed by atoms with Crippen LogP contribution in [0.4, 0.5) is 4.79 Å². The lowest BCUT2D eigenvalue weighted by Crippen LogP contribution is -2.48. The molecule has 8 nitrogen and oxygen atoms in total. The molecule has 1 saturated heterocycles. The van der Waals surface area contributed by atoms with Gasteiger partial charge in [-0.2, -0.15) is 5.01 Å². The number of aromatic nitrogens is 2. The number of imidazole rings is 1. The van der Waals surface area contributed by atoms with Gasteiger partial charge in [-0.1, -0.05) is 30.3 Å². The van der Waals surface area contributed by atoms with E-state index in [9.17, 15) is 14.4 Å². The van der Waals surface area contributed by atoms with Gasteiger partial charge in [0.2, 0.25) is 0 Å². The van der Waals surface area contributed by atoms with Crippen molar-refractivity contribution in [2.45, 2.75) is 19.4 Å². The third-order valence-electron chi connectivity index (χ3n) is 4.60. The van der Waals surface area contributed by atoms with Gasteiger partial charge in [0.05, 0.1) is 0 Å². The van der Waals surface area contributed by atoms with E-state index in [4.69, 9.17) is 0 Å². The van der Waals surface area contributed by atoms with Crippen LogP contribution in [-0.4, -0.2) is 32.2 Å². The second-order valence-corrected chi connectivity index (χ2v) is 6.60. The highest BCUT2D eigenvalue weighted by atomic mass is 16.2. The van der Waals surface area contributed by atoms with Crippen LogP contribution < -0.4 is 10.7 Å². The van der Waals surface area contributed by atoms with E-state index in [1.54, 1.807) is 48.0 Å². The number of carbonyl (C=O) groups is 3. The van der Waals surface area contributed by atoms with Crippen molar-refractivity contribution >= 4 is 23.5 Å². The Balaban J connectivity index is 1.59. The van der Waals surface area contributed by atoms with Crippen molar-refractivity contribution in [2.24, 2.45) is 0 Å². The van der Waals surface area contributed by atoms with Gasteiger partial charge in [-0.05, 0) is 37.1 Å². The molecular formula is C19H17N5O3. The van der Waals surface area contributed by atoms with Crippen molar-refractivity contribution < 1.29 is 14.4 Å². The first kappa shape index (κ1) is 16.8. The van der Waals surface area contributed by atoms with Crippen LogP contribution in [0.1, 0.15) is 28.5 Å². The first-order valence-corrected chi connectivity index (χ1v) is 8.37. The number of carbonyl (C=O) groups excluding carboxylic acids is 3. The quantitative estimate of drug-likeness (QED) is 0.693. The molecule has 2 N–H and O–H groups in total. The lowest BCUT2D eigenvalue weighted by molar-refractivity contribution is -0.132. The van der Waals surface area contributed by atoms with Gasteiger partial charge in [0.25, 0.3) is 11.8 Å². The van der Waals surface area contributed by atoms with E-state index >= 15 is 0 Å². The molecule has 1 atom stereocenters. The third-order valence-corrected chi connectivity index (χ3v) is 4.60. The molecule has 1 aliphatic rings. The highest BCUT2D eigenvalue weighted by molar-refractivity contribution is 6.09. The van der Waals surface area contributed by atoms with Crippen LogP contribution in [0.3, 0.4) is 0 Å². The molecule has 0 spiro atoms. The van der Waals surface area contributed by atoms with E-state index in [0.29, 0.717) is 16.2 Å². The predicted octanol–water partition coefficient (Wildman–Crippen LogP) is 1.75. The van der Waals surface area contributed by atoms with Gasteiger partial charge < -0.3 is 9.72 Å². The molecular weight excluding hydrogens is 346 g/mol. The Hall–Kier alpha value is -3.68. The zero-order chi connectivity index (χ0) is 19.2. The first-order chi connectivity index (χ1) is 12.9. The fourth-order valence-corrected chi connectivity index (χ4v) is 3.06. The van der Waals surface area contributed by atoms with Crippen molar-refractivity contribution in [3.8, 4) is 0 Å². The number of fused-ring (bicyclic) bond motifs is 1. The van der Waals surface area contributed by atoms with E-state index in [1.165, 1.54) is 0 Å². The lowest BCUT2D eigenvalue weighted by atomic mass is 9.92. The van der Waals surface area contributed by atoms with Gasteiger partial charge in [0.1, 0.15) is 16.9 Å². The van der Waals surface area contributed by atoms with Crippen molar-refractivity contribution in [1.29, 1.82) is 0 Å². The molecule has 1 unspecified atom stereocenters. The minimum absolute atomic E-state index is 0.106. The molecule has 136 valence electrons. The Bertz CT molecular complexity index is 1080. The molecule has 8 heteroatoms. The molecule has 4 amide bonds. The average molecular weight is 363 g/mol.